The zero-order chi connectivity index (χ0) is 27.1. The third-order valence-electron chi connectivity index (χ3n) is 6.43. The molecule has 1 saturated heterocycles. The summed E-state index contributed by atoms with van der Waals surface area (Å²) in [5.41, 5.74) is 2.59. The van der Waals surface area contributed by atoms with E-state index in [9.17, 15) is 9.59 Å². The molecule has 0 bridgehead atoms. The van der Waals surface area contributed by atoms with E-state index < -0.39 is 6.04 Å². The summed E-state index contributed by atoms with van der Waals surface area (Å²) in [6.45, 7) is 0.813. The van der Waals surface area contributed by atoms with Crippen molar-refractivity contribution in [2.75, 3.05) is 33.2 Å². The molecule has 1 N–H and O–H groups in total. The van der Waals surface area contributed by atoms with E-state index in [1.54, 1.807) is 50.5 Å². The van der Waals surface area contributed by atoms with Crippen molar-refractivity contribution >= 4 is 34.8 Å². The van der Waals surface area contributed by atoms with Crippen LogP contribution in [0.25, 0.3) is 0 Å². The second-order valence-corrected chi connectivity index (χ2v) is 9.19. The minimum Gasteiger partial charge on any atom is -0.497 e. The Kier molecular flexibility index (Phi) is 8.81. The minimum atomic E-state index is -0.704. The van der Waals surface area contributed by atoms with Crippen LogP contribution in [0.2, 0.25) is 0 Å². The maximum Gasteiger partial charge on any atom is 0.252 e. The maximum atomic E-state index is 13.6. The Balaban J connectivity index is 1.52. The van der Waals surface area contributed by atoms with Gasteiger partial charge in [0, 0.05) is 12.2 Å². The number of methoxy groups -OCH3 is 3. The summed E-state index contributed by atoms with van der Waals surface area (Å²) in [5, 5.41) is 3.29. The largest absolute Gasteiger partial charge is 0.497 e. The van der Waals surface area contributed by atoms with Crippen molar-refractivity contribution in [3.05, 3.63) is 83.9 Å². The molecule has 0 aliphatic carbocycles. The summed E-state index contributed by atoms with van der Waals surface area (Å²) >= 11 is 5.77. The van der Waals surface area contributed by atoms with Gasteiger partial charge in [-0.05, 0) is 66.2 Å². The van der Waals surface area contributed by atoms with Crippen LogP contribution in [-0.2, 0) is 22.6 Å². The van der Waals surface area contributed by atoms with Crippen molar-refractivity contribution < 1.29 is 23.8 Å². The van der Waals surface area contributed by atoms with Crippen LogP contribution in [-0.4, -0.2) is 60.6 Å². The van der Waals surface area contributed by atoms with Crippen molar-refractivity contribution in [1.29, 1.82) is 0 Å². The first-order valence-electron chi connectivity index (χ1n) is 12.2. The van der Waals surface area contributed by atoms with Gasteiger partial charge in [0.25, 0.3) is 5.91 Å². The first kappa shape index (κ1) is 26.9. The first-order chi connectivity index (χ1) is 18.4. The highest BCUT2D eigenvalue weighted by Crippen LogP contribution is 2.29. The molecule has 0 radical (unpaired) electrons. The van der Waals surface area contributed by atoms with E-state index in [1.165, 1.54) is 0 Å². The molecule has 4 rings (SSSR count). The molecule has 2 amide bonds. The molecule has 1 heterocycles. The van der Waals surface area contributed by atoms with Gasteiger partial charge in [-0.1, -0.05) is 36.4 Å². The molecule has 38 heavy (non-hydrogen) atoms. The summed E-state index contributed by atoms with van der Waals surface area (Å²) in [5.74, 6) is 1.51. The number of amides is 2. The molecule has 8 nitrogen and oxygen atoms in total. The average Bonchev–Trinajstić information content (AvgIpc) is 3.16. The Hall–Kier alpha value is -4.11. The molecule has 1 unspecified atom stereocenters. The van der Waals surface area contributed by atoms with Crippen LogP contribution in [0.5, 0.6) is 17.2 Å². The molecule has 3 aromatic carbocycles. The highest BCUT2D eigenvalue weighted by atomic mass is 32.1. The van der Waals surface area contributed by atoms with E-state index in [4.69, 9.17) is 26.4 Å². The van der Waals surface area contributed by atoms with Crippen LogP contribution in [0, 0.1) is 0 Å². The first-order valence-corrected chi connectivity index (χ1v) is 12.6. The van der Waals surface area contributed by atoms with E-state index in [0.717, 1.165) is 11.1 Å². The van der Waals surface area contributed by atoms with Crippen molar-refractivity contribution in [3.8, 4) is 17.2 Å². The summed E-state index contributed by atoms with van der Waals surface area (Å²) in [7, 11) is 4.77. The lowest BCUT2D eigenvalue weighted by Gasteiger charge is -2.24. The number of carbonyl (C=O) groups is 2. The van der Waals surface area contributed by atoms with Crippen molar-refractivity contribution in [1.82, 2.24) is 9.80 Å². The van der Waals surface area contributed by atoms with Gasteiger partial charge in [0.1, 0.15) is 11.8 Å². The molecule has 3 aromatic rings. The second kappa shape index (κ2) is 12.4. The Bertz CT molecular complexity index is 1280. The predicted molar refractivity (Wildman–Crippen MR) is 150 cm³/mol. The van der Waals surface area contributed by atoms with Gasteiger partial charge in [0.05, 0.1) is 34.3 Å². The van der Waals surface area contributed by atoms with Gasteiger partial charge >= 0.3 is 0 Å². The van der Waals surface area contributed by atoms with Crippen molar-refractivity contribution in [2.45, 2.75) is 25.4 Å². The number of carbonyl (C=O) groups excluding carboxylic acids is 2. The summed E-state index contributed by atoms with van der Waals surface area (Å²) in [4.78, 5) is 30.0. The van der Waals surface area contributed by atoms with Gasteiger partial charge in [0.2, 0.25) is 5.91 Å². The molecule has 198 valence electrons. The Morgan fingerprint density at radius 2 is 1.61 bits per heavy atom. The molecule has 0 aromatic heterocycles. The van der Waals surface area contributed by atoms with Crippen molar-refractivity contribution in [3.63, 3.8) is 0 Å². The average molecular weight is 534 g/mol. The molecule has 0 spiro atoms. The highest BCUT2D eigenvalue weighted by molar-refractivity contribution is 7.80. The molecule has 9 heteroatoms. The lowest BCUT2D eigenvalue weighted by molar-refractivity contribution is -0.131. The summed E-state index contributed by atoms with van der Waals surface area (Å²) in [6.07, 6.45) is 0.575. The van der Waals surface area contributed by atoms with Gasteiger partial charge in [-0.25, -0.2) is 0 Å². The standard InChI is InChI=1S/C29H31N3O5S/c1-35-23-12-10-22(11-13-23)30-27(33)18-24-28(34)32(19-21-7-5-4-6-8-21)29(38)31(24)16-15-20-9-14-25(36-2)26(17-20)37-3/h4-14,17,24H,15-16,18-19H2,1-3H3,(H,30,33). The van der Waals surface area contributed by atoms with Crippen LogP contribution >= 0.6 is 12.2 Å². The number of hydrogen-bond acceptors (Lipinski definition) is 6. The topological polar surface area (TPSA) is 80.3 Å². The number of rotatable bonds is 11. The summed E-state index contributed by atoms with van der Waals surface area (Å²) < 4.78 is 15.9. The third kappa shape index (κ3) is 6.23. The van der Waals surface area contributed by atoms with E-state index >= 15 is 0 Å². The van der Waals surface area contributed by atoms with Gasteiger partial charge in [-0.15, -0.1) is 0 Å². The molecule has 1 atom stereocenters. The lowest BCUT2D eigenvalue weighted by Crippen LogP contribution is -2.39. The SMILES string of the molecule is COc1ccc(NC(=O)CC2C(=O)N(Cc3ccccc3)C(=S)N2CCc2ccc(OC)c(OC)c2)cc1. The van der Waals surface area contributed by atoms with Crippen molar-refractivity contribution in [2.24, 2.45) is 0 Å². The van der Waals surface area contributed by atoms with Gasteiger partial charge < -0.3 is 24.4 Å². The number of thiocarbonyl (C=S) groups is 1. The fourth-order valence-electron chi connectivity index (χ4n) is 4.40. The monoisotopic (exact) mass is 533 g/mol. The van der Waals surface area contributed by atoms with Gasteiger partial charge in [0.15, 0.2) is 16.6 Å². The normalized spacial score (nSPS) is 15.0. The third-order valence-corrected chi connectivity index (χ3v) is 6.88. The number of ether oxygens (including phenoxy) is 3. The molecule has 0 saturated carbocycles. The number of anilines is 1. The zero-order valence-electron chi connectivity index (χ0n) is 21.7. The zero-order valence-corrected chi connectivity index (χ0v) is 22.5. The fourth-order valence-corrected chi connectivity index (χ4v) is 4.78. The van der Waals surface area contributed by atoms with E-state index in [-0.39, 0.29) is 18.2 Å². The maximum absolute atomic E-state index is 13.6. The smallest absolute Gasteiger partial charge is 0.252 e. The Morgan fingerprint density at radius 3 is 2.26 bits per heavy atom. The molecule has 1 aliphatic rings. The van der Waals surface area contributed by atoms with Crippen LogP contribution in [0.1, 0.15) is 17.5 Å². The fraction of sp³-hybridized carbons (Fsp3) is 0.276. The number of nitrogens with one attached hydrogen (secondary N) is 1. The second-order valence-electron chi connectivity index (χ2n) is 8.82. The summed E-state index contributed by atoms with van der Waals surface area (Å²) in [6, 6.07) is 21.7. The van der Waals surface area contributed by atoms with E-state index in [0.29, 0.717) is 47.6 Å². The van der Waals surface area contributed by atoms with Crippen LogP contribution in [0.3, 0.4) is 0 Å². The minimum absolute atomic E-state index is 0.0256. The lowest BCUT2D eigenvalue weighted by atomic mass is 10.1. The molecule has 1 fully saturated rings. The number of hydrogen-bond donors (Lipinski definition) is 1. The van der Waals surface area contributed by atoms with E-state index in [1.807, 2.05) is 53.4 Å². The van der Waals surface area contributed by atoms with E-state index in [2.05, 4.69) is 5.32 Å². The van der Waals surface area contributed by atoms with Crippen LogP contribution in [0.15, 0.2) is 72.8 Å². The quantitative estimate of drug-likeness (QED) is 0.369. The molecule has 1 aliphatic heterocycles. The number of nitrogens with zero attached hydrogens (tertiary/aromatic N) is 2. The molecular weight excluding hydrogens is 502 g/mol. The van der Waals surface area contributed by atoms with Crippen LogP contribution < -0.4 is 19.5 Å². The predicted octanol–water partition coefficient (Wildman–Crippen LogP) is 4.28. The van der Waals surface area contributed by atoms with Crippen LogP contribution in [0.4, 0.5) is 5.69 Å². The molecular formula is C29H31N3O5S. The number of benzene rings is 3. The van der Waals surface area contributed by atoms with Gasteiger partial charge in [-0.2, -0.15) is 0 Å². The Morgan fingerprint density at radius 1 is 0.895 bits per heavy atom. The Labute approximate surface area is 228 Å². The highest BCUT2D eigenvalue weighted by Gasteiger charge is 2.43. The van der Waals surface area contributed by atoms with Gasteiger partial charge in [-0.3, -0.25) is 14.5 Å².